The molecule has 3 heteroatoms. The maximum Gasteiger partial charge on any atom is 0.0126 e. The van der Waals surface area contributed by atoms with Crippen molar-refractivity contribution in [2.45, 2.75) is 53.0 Å². The van der Waals surface area contributed by atoms with E-state index < -0.39 is 0 Å². The Labute approximate surface area is 126 Å². The monoisotopic (exact) mass is 281 g/mol. The van der Waals surface area contributed by atoms with E-state index in [4.69, 9.17) is 0 Å². The second-order valence-electron chi connectivity index (χ2n) is 8.45. The molecule has 2 aliphatic heterocycles. The van der Waals surface area contributed by atoms with E-state index in [1.54, 1.807) is 0 Å². The van der Waals surface area contributed by atoms with E-state index in [2.05, 4.69) is 49.7 Å². The van der Waals surface area contributed by atoms with Gasteiger partial charge in [-0.05, 0) is 58.0 Å². The van der Waals surface area contributed by atoms with Gasteiger partial charge in [-0.25, -0.2) is 0 Å². The first-order chi connectivity index (χ1) is 9.29. The van der Waals surface area contributed by atoms with Gasteiger partial charge in [-0.15, -0.1) is 0 Å². The lowest BCUT2D eigenvalue weighted by Crippen LogP contribution is -2.55. The highest BCUT2D eigenvalue weighted by Gasteiger charge is 2.34. The summed E-state index contributed by atoms with van der Waals surface area (Å²) < 4.78 is 0. The molecule has 20 heavy (non-hydrogen) atoms. The Morgan fingerprint density at radius 2 is 1.45 bits per heavy atom. The molecule has 118 valence electrons. The number of piperidine rings is 1. The normalized spacial score (nSPS) is 25.1. The molecule has 3 nitrogen and oxygen atoms in total. The molecular weight excluding hydrogens is 246 g/mol. The van der Waals surface area contributed by atoms with Crippen LogP contribution >= 0.6 is 0 Å². The Morgan fingerprint density at radius 1 is 0.900 bits per heavy atom. The molecule has 2 fully saturated rings. The molecule has 0 radical (unpaired) electrons. The molecule has 0 spiro atoms. The van der Waals surface area contributed by atoms with Gasteiger partial charge in [-0.1, -0.05) is 13.8 Å². The summed E-state index contributed by atoms with van der Waals surface area (Å²) in [6.45, 7) is 20.6. The van der Waals surface area contributed by atoms with Crippen LogP contribution in [0.3, 0.4) is 0 Å². The van der Waals surface area contributed by atoms with Gasteiger partial charge in [0.05, 0.1) is 0 Å². The van der Waals surface area contributed by atoms with Gasteiger partial charge in [0, 0.05) is 38.3 Å². The molecule has 0 aromatic heterocycles. The van der Waals surface area contributed by atoms with Gasteiger partial charge in [0.1, 0.15) is 0 Å². The lowest BCUT2D eigenvalue weighted by atomic mass is 9.73. The van der Waals surface area contributed by atoms with Gasteiger partial charge in [-0.3, -0.25) is 4.90 Å². The fourth-order valence-electron chi connectivity index (χ4n) is 3.89. The van der Waals surface area contributed by atoms with E-state index >= 15 is 0 Å². The maximum absolute atomic E-state index is 3.49. The van der Waals surface area contributed by atoms with Crippen molar-refractivity contribution in [1.82, 2.24) is 15.1 Å². The Hall–Kier alpha value is -0.120. The van der Waals surface area contributed by atoms with Crippen LogP contribution in [0.2, 0.25) is 0 Å². The minimum atomic E-state index is 0.330. The van der Waals surface area contributed by atoms with Crippen molar-refractivity contribution in [2.24, 2.45) is 11.3 Å². The van der Waals surface area contributed by atoms with Crippen molar-refractivity contribution >= 4 is 0 Å². The van der Waals surface area contributed by atoms with Crippen molar-refractivity contribution in [3.63, 3.8) is 0 Å². The Morgan fingerprint density at radius 3 is 1.95 bits per heavy atom. The molecule has 2 rings (SSSR count). The number of hydrogen-bond acceptors (Lipinski definition) is 3. The highest BCUT2D eigenvalue weighted by Crippen LogP contribution is 2.34. The second kappa shape index (κ2) is 6.33. The highest BCUT2D eigenvalue weighted by atomic mass is 15.3. The zero-order valence-corrected chi connectivity index (χ0v) is 14.3. The molecule has 1 N–H and O–H groups in total. The van der Waals surface area contributed by atoms with Crippen LogP contribution in [0, 0.1) is 11.3 Å². The first-order valence-corrected chi connectivity index (χ1v) is 8.47. The summed E-state index contributed by atoms with van der Waals surface area (Å²) in [6.07, 6.45) is 2.71. The molecule has 0 atom stereocenters. The van der Waals surface area contributed by atoms with Crippen LogP contribution in [0.25, 0.3) is 0 Å². The van der Waals surface area contributed by atoms with Gasteiger partial charge < -0.3 is 10.2 Å². The zero-order chi connectivity index (χ0) is 14.8. The first kappa shape index (κ1) is 16.3. The minimum absolute atomic E-state index is 0.330. The van der Waals surface area contributed by atoms with E-state index in [9.17, 15) is 0 Å². The molecule has 0 amide bonds. The summed E-state index contributed by atoms with van der Waals surface area (Å²) in [5.74, 6) is 0.893. The summed E-state index contributed by atoms with van der Waals surface area (Å²) in [4.78, 5) is 5.32. The van der Waals surface area contributed by atoms with E-state index in [0.29, 0.717) is 11.0 Å². The first-order valence-electron chi connectivity index (χ1n) is 8.47. The average Bonchev–Trinajstić information content (AvgIpc) is 2.39. The predicted molar refractivity (Wildman–Crippen MR) is 87.1 cm³/mol. The number of rotatable bonds is 3. The minimum Gasteiger partial charge on any atom is -0.317 e. The largest absolute Gasteiger partial charge is 0.317 e. The van der Waals surface area contributed by atoms with Crippen LogP contribution in [0.5, 0.6) is 0 Å². The van der Waals surface area contributed by atoms with Crippen LogP contribution in [-0.2, 0) is 0 Å². The quantitative estimate of drug-likeness (QED) is 0.857. The maximum atomic E-state index is 3.49. The topological polar surface area (TPSA) is 18.5 Å². The third-order valence-corrected chi connectivity index (χ3v) is 5.40. The van der Waals surface area contributed by atoms with Gasteiger partial charge in [0.2, 0.25) is 0 Å². The molecule has 0 bridgehead atoms. The fraction of sp³-hybridized carbons (Fsp3) is 1.00. The summed E-state index contributed by atoms with van der Waals surface area (Å²) in [6, 6.07) is 0. The zero-order valence-electron chi connectivity index (χ0n) is 14.3. The average molecular weight is 281 g/mol. The van der Waals surface area contributed by atoms with Gasteiger partial charge in [0.15, 0.2) is 0 Å². The number of hydrogen-bond donors (Lipinski definition) is 1. The molecule has 0 aromatic carbocycles. The molecule has 0 saturated carbocycles. The fourth-order valence-corrected chi connectivity index (χ4v) is 3.89. The molecule has 0 aromatic rings. The lowest BCUT2D eigenvalue weighted by Gasteiger charge is -2.46. The van der Waals surface area contributed by atoms with Crippen LogP contribution in [0.1, 0.15) is 47.5 Å². The van der Waals surface area contributed by atoms with Gasteiger partial charge in [-0.2, -0.15) is 0 Å². The standard InChI is InChI=1S/C17H35N3/c1-16(2,3)20-12-10-19(11-13-20)14-17(4,5)15-6-8-18-9-7-15/h15,18H,6-14H2,1-5H3. The van der Waals surface area contributed by atoms with Crippen LogP contribution < -0.4 is 5.32 Å². The number of piperazine rings is 1. The number of nitrogens with one attached hydrogen (secondary N) is 1. The third-order valence-electron chi connectivity index (χ3n) is 5.40. The smallest absolute Gasteiger partial charge is 0.0126 e. The SMILES string of the molecule is CC(C)(CN1CCN(C(C)(C)C)CC1)C1CCNCC1. The van der Waals surface area contributed by atoms with E-state index in [1.807, 2.05) is 0 Å². The summed E-state index contributed by atoms with van der Waals surface area (Å²) >= 11 is 0. The number of nitrogens with zero attached hydrogens (tertiary/aromatic N) is 2. The lowest BCUT2D eigenvalue weighted by molar-refractivity contribution is 0.0282. The van der Waals surface area contributed by atoms with Crippen molar-refractivity contribution in [3.8, 4) is 0 Å². The van der Waals surface area contributed by atoms with E-state index in [1.165, 1.54) is 58.7 Å². The van der Waals surface area contributed by atoms with E-state index in [-0.39, 0.29) is 0 Å². The van der Waals surface area contributed by atoms with Crippen molar-refractivity contribution in [3.05, 3.63) is 0 Å². The van der Waals surface area contributed by atoms with Gasteiger partial charge >= 0.3 is 0 Å². The highest BCUT2D eigenvalue weighted by molar-refractivity contribution is 4.88. The molecule has 2 heterocycles. The van der Waals surface area contributed by atoms with Crippen molar-refractivity contribution in [2.75, 3.05) is 45.8 Å². The van der Waals surface area contributed by atoms with E-state index in [0.717, 1.165) is 5.92 Å². The van der Waals surface area contributed by atoms with Crippen LogP contribution in [0.4, 0.5) is 0 Å². The molecular formula is C17H35N3. The van der Waals surface area contributed by atoms with Crippen LogP contribution in [-0.4, -0.2) is 61.2 Å². The third kappa shape index (κ3) is 4.19. The Bertz CT molecular complexity index is 292. The second-order valence-corrected chi connectivity index (χ2v) is 8.45. The van der Waals surface area contributed by atoms with Gasteiger partial charge in [0.25, 0.3) is 0 Å². The molecule has 2 saturated heterocycles. The Balaban J connectivity index is 1.82. The summed E-state index contributed by atoms with van der Waals surface area (Å²) in [7, 11) is 0. The molecule has 0 aliphatic carbocycles. The van der Waals surface area contributed by atoms with Crippen molar-refractivity contribution in [1.29, 1.82) is 0 Å². The van der Waals surface area contributed by atoms with Crippen LogP contribution in [0.15, 0.2) is 0 Å². The molecule has 0 unspecified atom stereocenters. The predicted octanol–water partition coefficient (Wildman–Crippen LogP) is 2.43. The summed E-state index contributed by atoms with van der Waals surface area (Å²) in [5, 5.41) is 3.49. The summed E-state index contributed by atoms with van der Waals surface area (Å²) in [5.41, 5.74) is 0.794. The molecule has 2 aliphatic rings. The Kier molecular flexibility index (Phi) is 5.14. The van der Waals surface area contributed by atoms with Crippen molar-refractivity contribution < 1.29 is 0 Å².